The minimum absolute atomic E-state index is 0.0914. The summed E-state index contributed by atoms with van der Waals surface area (Å²) in [4.78, 5) is 11.5. The van der Waals surface area contributed by atoms with E-state index in [0.29, 0.717) is 12.3 Å². The lowest BCUT2D eigenvalue weighted by molar-refractivity contribution is 0.0957. The fourth-order valence-electron chi connectivity index (χ4n) is 1.73. The first-order chi connectivity index (χ1) is 9.56. The van der Waals surface area contributed by atoms with Crippen LogP contribution in [0.25, 0.3) is 5.69 Å². The maximum Gasteiger partial charge on any atom is 0.271 e. The van der Waals surface area contributed by atoms with Gasteiger partial charge in [0.1, 0.15) is 0 Å². The summed E-state index contributed by atoms with van der Waals surface area (Å²) < 4.78 is 20.2. The Morgan fingerprint density at radius 1 is 1.55 bits per heavy atom. The number of amides is 1. The molecule has 3 N–H and O–H groups in total. The van der Waals surface area contributed by atoms with Crippen molar-refractivity contribution in [2.75, 3.05) is 19.4 Å². The molecule has 2 rings (SSSR count). The summed E-state index contributed by atoms with van der Waals surface area (Å²) in [5.41, 5.74) is 6.68. The molecular formula is C13H15FN4O2. The molecule has 1 aromatic heterocycles. The van der Waals surface area contributed by atoms with Crippen molar-refractivity contribution in [3.05, 3.63) is 35.9 Å². The van der Waals surface area contributed by atoms with Gasteiger partial charge >= 0.3 is 0 Å². The fourth-order valence-corrected chi connectivity index (χ4v) is 1.73. The van der Waals surface area contributed by atoms with Crippen LogP contribution in [-0.2, 0) is 0 Å². The molecular weight excluding hydrogens is 263 g/mol. The van der Waals surface area contributed by atoms with Crippen LogP contribution in [0.5, 0.6) is 5.75 Å². The molecule has 0 unspecified atom stereocenters. The van der Waals surface area contributed by atoms with Gasteiger partial charge in [-0.15, -0.1) is 0 Å². The van der Waals surface area contributed by atoms with Crippen LogP contribution < -0.4 is 15.8 Å². The minimum Gasteiger partial charge on any atom is -0.491 e. The third-order valence-electron chi connectivity index (χ3n) is 2.68. The van der Waals surface area contributed by atoms with Crippen LogP contribution in [0.4, 0.5) is 10.1 Å². The van der Waals surface area contributed by atoms with Crippen molar-refractivity contribution < 1.29 is 13.9 Å². The lowest BCUT2D eigenvalue weighted by Crippen LogP contribution is -2.18. The van der Waals surface area contributed by atoms with E-state index in [0.717, 1.165) is 0 Å². The molecule has 0 atom stereocenters. The van der Waals surface area contributed by atoms with Gasteiger partial charge in [-0.1, -0.05) is 0 Å². The summed E-state index contributed by atoms with van der Waals surface area (Å²) >= 11 is 0. The van der Waals surface area contributed by atoms with Crippen molar-refractivity contribution in [1.82, 2.24) is 15.1 Å². The number of carbonyl (C=O) groups is 1. The van der Waals surface area contributed by atoms with Gasteiger partial charge < -0.3 is 15.8 Å². The highest BCUT2D eigenvalue weighted by molar-refractivity contribution is 5.91. The zero-order valence-corrected chi connectivity index (χ0v) is 11.2. The number of halogens is 1. The van der Waals surface area contributed by atoms with Gasteiger partial charge in [0.15, 0.2) is 17.3 Å². The number of nitrogens with zero attached hydrogens (tertiary/aromatic N) is 2. The Bertz CT molecular complexity index is 639. The largest absolute Gasteiger partial charge is 0.491 e. The SMILES string of the molecule is CCOc1cc(-n2ccc(C(=O)NC)n2)c(N)cc1F. The molecule has 1 aromatic carbocycles. The highest BCUT2D eigenvalue weighted by atomic mass is 19.1. The Kier molecular flexibility index (Phi) is 3.88. The summed E-state index contributed by atoms with van der Waals surface area (Å²) in [7, 11) is 1.51. The predicted octanol–water partition coefficient (Wildman–Crippen LogP) is 1.35. The van der Waals surface area contributed by atoms with E-state index in [9.17, 15) is 9.18 Å². The van der Waals surface area contributed by atoms with Crippen molar-refractivity contribution in [2.24, 2.45) is 0 Å². The third kappa shape index (κ3) is 2.56. The van der Waals surface area contributed by atoms with E-state index in [4.69, 9.17) is 10.5 Å². The summed E-state index contributed by atoms with van der Waals surface area (Å²) in [6.45, 7) is 2.09. The number of benzene rings is 1. The summed E-state index contributed by atoms with van der Waals surface area (Å²) in [5, 5.41) is 6.56. The number of anilines is 1. The van der Waals surface area contributed by atoms with Crippen molar-refractivity contribution in [3.63, 3.8) is 0 Å². The zero-order valence-electron chi connectivity index (χ0n) is 11.2. The predicted molar refractivity (Wildman–Crippen MR) is 72.5 cm³/mol. The van der Waals surface area contributed by atoms with E-state index < -0.39 is 5.82 Å². The van der Waals surface area contributed by atoms with Gasteiger partial charge in [-0.3, -0.25) is 4.79 Å². The van der Waals surface area contributed by atoms with E-state index in [2.05, 4.69) is 10.4 Å². The lowest BCUT2D eigenvalue weighted by atomic mass is 10.2. The number of nitrogens with one attached hydrogen (secondary N) is 1. The Hall–Kier alpha value is -2.57. The van der Waals surface area contributed by atoms with Gasteiger partial charge in [-0.2, -0.15) is 5.10 Å². The molecule has 0 aliphatic heterocycles. The van der Waals surface area contributed by atoms with Crippen LogP contribution in [0.2, 0.25) is 0 Å². The Balaban J connectivity index is 2.44. The molecule has 7 heteroatoms. The second-order valence-corrected chi connectivity index (χ2v) is 4.00. The first kappa shape index (κ1) is 13.9. The van der Waals surface area contributed by atoms with Crippen LogP contribution in [0.3, 0.4) is 0 Å². The number of aromatic nitrogens is 2. The van der Waals surface area contributed by atoms with Gasteiger partial charge in [0.25, 0.3) is 5.91 Å². The van der Waals surface area contributed by atoms with Crippen molar-refractivity contribution in [1.29, 1.82) is 0 Å². The summed E-state index contributed by atoms with van der Waals surface area (Å²) in [5.74, 6) is -0.755. The molecule has 0 aliphatic carbocycles. The smallest absolute Gasteiger partial charge is 0.271 e. The van der Waals surface area contributed by atoms with Crippen molar-refractivity contribution in [2.45, 2.75) is 6.92 Å². The molecule has 0 saturated heterocycles. The van der Waals surface area contributed by atoms with E-state index in [1.54, 1.807) is 19.2 Å². The molecule has 0 bridgehead atoms. The highest BCUT2D eigenvalue weighted by Gasteiger charge is 2.13. The number of rotatable bonds is 4. The monoisotopic (exact) mass is 278 g/mol. The standard InChI is InChI=1S/C13H15FN4O2/c1-3-20-12-7-11(9(15)6-8(12)14)18-5-4-10(17-18)13(19)16-2/h4-7H,3,15H2,1-2H3,(H,16,19). The first-order valence-corrected chi connectivity index (χ1v) is 6.06. The van der Waals surface area contributed by atoms with Crippen LogP contribution in [0.1, 0.15) is 17.4 Å². The maximum absolute atomic E-state index is 13.6. The second kappa shape index (κ2) is 5.60. The number of nitrogens with two attached hydrogens (primary N) is 1. The number of hydrogen-bond acceptors (Lipinski definition) is 4. The van der Waals surface area contributed by atoms with E-state index in [-0.39, 0.29) is 23.0 Å². The minimum atomic E-state index is -0.535. The third-order valence-corrected chi connectivity index (χ3v) is 2.68. The Labute approximate surface area is 115 Å². The van der Waals surface area contributed by atoms with Crippen LogP contribution in [-0.4, -0.2) is 29.3 Å². The highest BCUT2D eigenvalue weighted by Crippen LogP contribution is 2.26. The summed E-state index contributed by atoms with van der Waals surface area (Å²) in [6.07, 6.45) is 1.57. The normalized spacial score (nSPS) is 10.3. The van der Waals surface area contributed by atoms with Crippen molar-refractivity contribution >= 4 is 11.6 Å². The van der Waals surface area contributed by atoms with Crippen LogP contribution >= 0.6 is 0 Å². The van der Waals surface area contributed by atoms with Crippen LogP contribution in [0.15, 0.2) is 24.4 Å². The van der Waals surface area contributed by atoms with Gasteiger partial charge in [0.2, 0.25) is 0 Å². The molecule has 6 nitrogen and oxygen atoms in total. The molecule has 0 radical (unpaired) electrons. The number of hydrogen-bond donors (Lipinski definition) is 2. The molecule has 0 aliphatic rings. The van der Waals surface area contributed by atoms with Crippen molar-refractivity contribution in [3.8, 4) is 11.4 Å². The Morgan fingerprint density at radius 2 is 2.30 bits per heavy atom. The van der Waals surface area contributed by atoms with Gasteiger partial charge in [0.05, 0.1) is 18.0 Å². The van der Waals surface area contributed by atoms with Gasteiger partial charge in [-0.05, 0) is 13.0 Å². The van der Waals surface area contributed by atoms with E-state index in [1.165, 1.54) is 23.9 Å². The first-order valence-electron chi connectivity index (χ1n) is 6.06. The van der Waals surface area contributed by atoms with E-state index in [1.807, 2.05) is 0 Å². The summed E-state index contributed by atoms with van der Waals surface area (Å²) in [6, 6.07) is 4.17. The number of nitrogen functional groups attached to an aromatic ring is 1. The quantitative estimate of drug-likeness (QED) is 0.827. The van der Waals surface area contributed by atoms with Gasteiger partial charge in [-0.25, -0.2) is 9.07 Å². The number of carbonyl (C=O) groups excluding carboxylic acids is 1. The zero-order chi connectivity index (χ0) is 14.7. The topological polar surface area (TPSA) is 82.2 Å². The Morgan fingerprint density at radius 3 is 2.95 bits per heavy atom. The maximum atomic E-state index is 13.6. The average Bonchev–Trinajstić information content (AvgIpc) is 2.90. The molecule has 2 aromatic rings. The molecule has 1 heterocycles. The van der Waals surface area contributed by atoms with Gasteiger partial charge in [0, 0.05) is 25.4 Å². The lowest BCUT2D eigenvalue weighted by Gasteiger charge is -2.10. The molecule has 1 amide bonds. The molecule has 0 spiro atoms. The second-order valence-electron chi connectivity index (χ2n) is 4.00. The van der Waals surface area contributed by atoms with Crippen LogP contribution in [0, 0.1) is 5.82 Å². The molecule has 106 valence electrons. The fraction of sp³-hybridized carbons (Fsp3) is 0.231. The molecule has 0 saturated carbocycles. The molecule has 20 heavy (non-hydrogen) atoms. The molecule has 0 fully saturated rings. The average molecular weight is 278 g/mol. The number of ether oxygens (including phenoxy) is 1. The van der Waals surface area contributed by atoms with E-state index >= 15 is 0 Å².